The maximum absolute atomic E-state index is 12.3. The van der Waals surface area contributed by atoms with Gasteiger partial charge in [-0.25, -0.2) is 0 Å². The quantitative estimate of drug-likeness (QED) is 0.560. The molecule has 0 spiro atoms. The Balaban J connectivity index is 1.53. The molecule has 0 atom stereocenters. The van der Waals surface area contributed by atoms with Crippen LogP contribution in [0.1, 0.15) is 40.2 Å². The number of hydrogen-bond donors (Lipinski definition) is 2. The molecule has 144 valence electrons. The molecule has 0 aliphatic carbocycles. The highest BCUT2D eigenvalue weighted by Crippen LogP contribution is 2.29. The molecule has 1 saturated heterocycles. The lowest BCUT2D eigenvalue weighted by atomic mass is 9.89. The number of piperidine rings is 1. The van der Waals surface area contributed by atoms with Crippen LogP contribution in [0.15, 0.2) is 53.1 Å². The third-order valence-corrected chi connectivity index (χ3v) is 5.97. The van der Waals surface area contributed by atoms with E-state index in [1.165, 1.54) is 18.4 Å². The van der Waals surface area contributed by atoms with Crippen LogP contribution in [0.25, 0.3) is 5.57 Å². The maximum Gasteiger partial charge on any atom is 0.260 e. The second kappa shape index (κ2) is 7.89. The van der Waals surface area contributed by atoms with Gasteiger partial charge in [-0.15, -0.1) is 0 Å². The van der Waals surface area contributed by atoms with Crippen molar-refractivity contribution in [1.29, 1.82) is 0 Å². The predicted molar refractivity (Wildman–Crippen MR) is 114 cm³/mol. The molecule has 2 N–H and O–H groups in total. The normalized spacial score (nSPS) is 19.4. The van der Waals surface area contributed by atoms with Crippen molar-refractivity contribution < 1.29 is 9.59 Å². The lowest BCUT2D eigenvalue weighted by Gasteiger charge is -2.29. The smallest absolute Gasteiger partial charge is 0.260 e. The summed E-state index contributed by atoms with van der Waals surface area (Å²) in [7, 11) is 2.17. The van der Waals surface area contributed by atoms with Crippen molar-refractivity contribution in [2.24, 2.45) is 0 Å². The minimum Gasteiger partial charge on any atom is -0.361 e. The zero-order chi connectivity index (χ0) is 19.7. The van der Waals surface area contributed by atoms with Crippen molar-refractivity contribution in [2.45, 2.75) is 18.8 Å². The van der Waals surface area contributed by atoms with Gasteiger partial charge >= 0.3 is 0 Å². The van der Waals surface area contributed by atoms with Crippen molar-refractivity contribution in [3.05, 3.63) is 69.8 Å². The number of hydrogen-bond acceptors (Lipinski definition) is 4. The summed E-state index contributed by atoms with van der Waals surface area (Å²) in [5.74, 6) is -0.152. The van der Waals surface area contributed by atoms with Gasteiger partial charge in [-0.2, -0.15) is 0 Å². The summed E-state index contributed by atoms with van der Waals surface area (Å²) < 4.78 is 0.821. The van der Waals surface area contributed by atoms with Gasteiger partial charge in [-0.05, 0) is 74.8 Å². The highest BCUT2D eigenvalue weighted by Gasteiger charge is 2.27. The number of nitrogens with one attached hydrogen (secondary N) is 2. The Kier molecular flexibility index (Phi) is 5.33. The second-order valence-corrected chi connectivity index (χ2v) is 8.29. The lowest BCUT2D eigenvalue weighted by molar-refractivity contribution is -0.114. The molecule has 2 aromatic carbocycles. The van der Waals surface area contributed by atoms with E-state index in [9.17, 15) is 9.59 Å². The Morgan fingerprint density at radius 2 is 1.75 bits per heavy atom. The van der Waals surface area contributed by atoms with Gasteiger partial charge in [0.2, 0.25) is 0 Å². The summed E-state index contributed by atoms with van der Waals surface area (Å²) in [5, 5.41) is 5.59. The number of carbonyl (C=O) groups excluding carboxylic acids is 2. The molecule has 6 heteroatoms. The zero-order valence-corrected chi connectivity index (χ0v) is 17.3. The van der Waals surface area contributed by atoms with Crippen molar-refractivity contribution in [3.8, 4) is 0 Å². The molecule has 2 heterocycles. The molecular weight excluding hydrogens is 418 g/mol. The number of halogens is 1. The van der Waals surface area contributed by atoms with Crippen LogP contribution in [0.2, 0.25) is 0 Å². The number of carbonyl (C=O) groups is 2. The largest absolute Gasteiger partial charge is 0.361 e. The molecule has 2 amide bonds. The van der Waals surface area contributed by atoms with E-state index in [1.54, 1.807) is 24.4 Å². The Morgan fingerprint density at radius 1 is 1.04 bits per heavy atom. The fourth-order valence-corrected chi connectivity index (χ4v) is 4.15. The summed E-state index contributed by atoms with van der Waals surface area (Å²) in [6.07, 6.45) is 4.04. The van der Waals surface area contributed by atoms with Gasteiger partial charge in [-0.3, -0.25) is 14.9 Å². The maximum atomic E-state index is 12.3. The van der Waals surface area contributed by atoms with E-state index in [0.29, 0.717) is 22.6 Å². The lowest BCUT2D eigenvalue weighted by Crippen LogP contribution is -2.36. The van der Waals surface area contributed by atoms with E-state index in [-0.39, 0.29) is 5.91 Å². The van der Waals surface area contributed by atoms with Gasteiger partial charge in [0, 0.05) is 27.5 Å². The first-order valence-electron chi connectivity index (χ1n) is 9.42. The van der Waals surface area contributed by atoms with Crippen molar-refractivity contribution in [3.63, 3.8) is 0 Å². The highest BCUT2D eigenvalue weighted by atomic mass is 79.9. The van der Waals surface area contributed by atoms with E-state index in [4.69, 9.17) is 0 Å². The van der Waals surface area contributed by atoms with Crippen LogP contribution in [0.3, 0.4) is 0 Å². The molecule has 1 fully saturated rings. The number of fused-ring (bicyclic) bond motifs is 1. The molecule has 5 nitrogen and oxygen atoms in total. The van der Waals surface area contributed by atoms with Gasteiger partial charge in [-0.1, -0.05) is 28.1 Å². The standard InChI is InChI=1S/C22H22BrN3O2/c1-26-10-8-15(9-11-26)14-2-5-17(6-3-14)24-13-20-19-12-16(23)4-7-18(19)21(27)25-22(20)28/h2-7,12-13,15,24H,8-11H2,1H3,(H,25,27,28)/b20-13-. The molecule has 4 rings (SSSR count). The molecule has 0 unspecified atom stereocenters. The van der Waals surface area contributed by atoms with Crippen molar-refractivity contribution in [2.75, 3.05) is 25.5 Å². The molecule has 2 aliphatic heterocycles. The Bertz CT molecular complexity index is 945. The number of imide groups is 1. The van der Waals surface area contributed by atoms with E-state index in [2.05, 4.69) is 50.6 Å². The van der Waals surface area contributed by atoms with E-state index in [0.717, 1.165) is 23.2 Å². The van der Waals surface area contributed by atoms with Crippen LogP contribution in [0, 0.1) is 0 Å². The molecular formula is C22H22BrN3O2. The van der Waals surface area contributed by atoms with Crippen LogP contribution < -0.4 is 10.6 Å². The number of benzene rings is 2. The predicted octanol–water partition coefficient (Wildman–Crippen LogP) is 3.98. The average molecular weight is 440 g/mol. The van der Waals surface area contributed by atoms with Crippen molar-refractivity contribution in [1.82, 2.24) is 10.2 Å². The molecule has 0 radical (unpaired) electrons. The molecule has 0 saturated carbocycles. The Hall–Kier alpha value is -2.44. The van der Waals surface area contributed by atoms with Gasteiger partial charge < -0.3 is 10.2 Å². The molecule has 2 aromatic rings. The van der Waals surface area contributed by atoms with Crippen LogP contribution in [-0.2, 0) is 4.79 Å². The summed E-state index contributed by atoms with van der Waals surface area (Å²) in [6, 6.07) is 13.7. The van der Waals surface area contributed by atoms with E-state index in [1.807, 2.05) is 12.1 Å². The third-order valence-electron chi connectivity index (χ3n) is 5.47. The molecule has 2 aliphatic rings. The highest BCUT2D eigenvalue weighted by molar-refractivity contribution is 9.10. The topological polar surface area (TPSA) is 61.4 Å². The van der Waals surface area contributed by atoms with Crippen molar-refractivity contribution >= 4 is 39.0 Å². The van der Waals surface area contributed by atoms with Gasteiger partial charge in [0.25, 0.3) is 11.8 Å². The van der Waals surface area contributed by atoms with Crippen LogP contribution in [0.4, 0.5) is 5.69 Å². The number of rotatable bonds is 3. The fourth-order valence-electron chi connectivity index (χ4n) is 3.79. The summed E-state index contributed by atoms with van der Waals surface area (Å²) in [5.41, 5.74) is 3.83. The Morgan fingerprint density at radius 3 is 2.46 bits per heavy atom. The minimum atomic E-state index is -0.397. The number of anilines is 1. The van der Waals surface area contributed by atoms with Crippen LogP contribution >= 0.6 is 15.9 Å². The first-order valence-corrected chi connectivity index (χ1v) is 10.2. The van der Waals surface area contributed by atoms with Gasteiger partial charge in [0.1, 0.15) is 0 Å². The summed E-state index contributed by atoms with van der Waals surface area (Å²) in [4.78, 5) is 26.7. The SMILES string of the molecule is CN1CCC(c2ccc(N/C=C3\C(=O)NC(=O)c4ccc(Br)cc43)cc2)CC1. The first-order chi connectivity index (χ1) is 13.5. The fraction of sp³-hybridized carbons (Fsp3) is 0.273. The van der Waals surface area contributed by atoms with Gasteiger partial charge in [0.05, 0.1) is 5.57 Å². The Labute approximate surface area is 172 Å². The third kappa shape index (κ3) is 3.88. The number of amides is 2. The molecule has 0 bridgehead atoms. The number of nitrogens with zero attached hydrogens (tertiary/aromatic N) is 1. The average Bonchev–Trinajstić information content (AvgIpc) is 2.68. The second-order valence-electron chi connectivity index (χ2n) is 7.38. The molecule has 28 heavy (non-hydrogen) atoms. The van der Waals surface area contributed by atoms with E-state index < -0.39 is 5.91 Å². The van der Waals surface area contributed by atoms with Crippen LogP contribution in [-0.4, -0.2) is 36.9 Å². The van der Waals surface area contributed by atoms with E-state index >= 15 is 0 Å². The van der Waals surface area contributed by atoms with Crippen LogP contribution in [0.5, 0.6) is 0 Å². The molecule has 0 aromatic heterocycles. The summed E-state index contributed by atoms with van der Waals surface area (Å²) in [6.45, 7) is 2.28. The number of likely N-dealkylation sites (tertiary alicyclic amines) is 1. The first kappa shape index (κ1) is 18.9. The monoisotopic (exact) mass is 439 g/mol. The summed E-state index contributed by atoms with van der Waals surface area (Å²) >= 11 is 3.41. The van der Waals surface area contributed by atoms with Gasteiger partial charge in [0.15, 0.2) is 0 Å². The minimum absolute atomic E-state index is 0.368. The zero-order valence-electron chi connectivity index (χ0n) is 15.7.